The fourth-order valence-electron chi connectivity index (χ4n) is 3.88. The highest BCUT2D eigenvalue weighted by atomic mass is 35.5. The summed E-state index contributed by atoms with van der Waals surface area (Å²) in [7, 11) is 0. The lowest BCUT2D eigenvalue weighted by Gasteiger charge is -2.12. The van der Waals surface area contributed by atoms with Crippen molar-refractivity contribution in [3.8, 4) is 22.7 Å². The van der Waals surface area contributed by atoms with Crippen molar-refractivity contribution < 1.29 is 4.42 Å². The molecule has 28 heavy (non-hydrogen) atoms. The topological polar surface area (TPSA) is 68.2 Å². The van der Waals surface area contributed by atoms with E-state index in [1.54, 1.807) is 17.0 Å². The summed E-state index contributed by atoms with van der Waals surface area (Å²) in [6.07, 6.45) is 8.30. The van der Waals surface area contributed by atoms with Crippen LogP contribution in [0.1, 0.15) is 31.2 Å². The maximum atomic E-state index is 6.40. The van der Waals surface area contributed by atoms with E-state index in [1.807, 2.05) is 37.3 Å². The number of nitrogens with zero attached hydrogens (tertiary/aromatic N) is 4. The van der Waals surface area contributed by atoms with Crippen molar-refractivity contribution in [3.63, 3.8) is 0 Å². The molecule has 0 bridgehead atoms. The van der Waals surface area contributed by atoms with E-state index in [0.29, 0.717) is 17.1 Å². The van der Waals surface area contributed by atoms with Gasteiger partial charge in [-0.15, -0.1) is 0 Å². The van der Waals surface area contributed by atoms with Gasteiger partial charge in [0.05, 0.1) is 23.0 Å². The number of pyridine rings is 1. The SMILES string of the molecule is Cc1ccoc1-c1nn2c(Cl)cccc2c1-c1ccnc(NC2CCCC2)n1. The summed E-state index contributed by atoms with van der Waals surface area (Å²) >= 11 is 6.40. The second kappa shape index (κ2) is 6.95. The van der Waals surface area contributed by atoms with Crippen molar-refractivity contribution in [2.45, 2.75) is 38.6 Å². The molecule has 1 aliphatic rings. The first-order chi connectivity index (χ1) is 13.7. The Morgan fingerprint density at radius 1 is 1.18 bits per heavy atom. The number of rotatable bonds is 4. The second-order valence-electron chi connectivity index (χ2n) is 7.19. The lowest BCUT2D eigenvalue weighted by molar-refractivity contribution is 0.578. The number of aromatic nitrogens is 4. The minimum absolute atomic E-state index is 0.445. The van der Waals surface area contributed by atoms with E-state index in [9.17, 15) is 0 Å². The monoisotopic (exact) mass is 393 g/mol. The smallest absolute Gasteiger partial charge is 0.223 e. The van der Waals surface area contributed by atoms with Gasteiger partial charge in [-0.2, -0.15) is 5.10 Å². The van der Waals surface area contributed by atoms with Crippen molar-refractivity contribution in [3.05, 3.63) is 53.5 Å². The Morgan fingerprint density at radius 2 is 2.04 bits per heavy atom. The van der Waals surface area contributed by atoms with Gasteiger partial charge in [-0.3, -0.25) is 0 Å². The maximum absolute atomic E-state index is 6.40. The Morgan fingerprint density at radius 3 is 2.82 bits per heavy atom. The minimum atomic E-state index is 0.445. The summed E-state index contributed by atoms with van der Waals surface area (Å²) in [6, 6.07) is 10.00. The van der Waals surface area contributed by atoms with E-state index in [4.69, 9.17) is 26.1 Å². The summed E-state index contributed by atoms with van der Waals surface area (Å²) < 4.78 is 7.46. The number of hydrogen-bond acceptors (Lipinski definition) is 5. The van der Waals surface area contributed by atoms with Gasteiger partial charge >= 0.3 is 0 Å². The number of halogens is 1. The highest BCUT2D eigenvalue weighted by Gasteiger charge is 2.23. The fourth-order valence-corrected chi connectivity index (χ4v) is 4.09. The predicted octanol–water partition coefficient (Wildman–Crippen LogP) is 5.37. The zero-order chi connectivity index (χ0) is 19.1. The number of furan rings is 1. The van der Waals surface area contributed by atoms with Crippen LogP contribution >= 0.6 is 11.6 Å². The van der Waals surface area contributed by atoms with Crippen molar-refractivity contribution in [2.24, 2.45) is 0 Å². The van der Waals surface area contributed by atoms with E-state index in [0.717, 1.165) is 46.6 Å². The van der Waals surface area contributed by atoms with Crippen LogP contribution < -0.4 is 5.32 Å². The molecule has 142 valence electrons. The van der Waals surface area contributed by atoms with Crippen LogP contribution in [0.15, 0.2) is 47.2 Å². The molecule has 7 heteroatoms. The molecule has 0 radical (unpaired) electrons. The van der Waals surface area contributed by atoms with Gasteiger partial charge in [-0.25, -0.2) is 14.5 Å². The third kappa shape index (κ3) is 2.94. The second-order valence-corrected chi connectivity index (χ2v) is 7.58. The average molecular weight is 394 g/mol. The average Bonchev–Trinajstić information content (AvgIpc) is 3.42. The van der Waals surface area contributed by atoms with Gasteiger partial charge in [0, 0.05) is 12.2 Å². The molecule has 0 atom stereocenters. The van der Waals surface area contributed by atoms with Crippen LogP contribution in [0.4, 0.5) is 5.95 Å². The molecular weight excluding hydrogens is 374 g/mol. The van der Waals surface area contributed by atoms with Gasteiger partial charge in [-0.1, -0.05) is 30.5 Å². The Hall–Kier alpha value is -2.86. The largest absolute Gasteiger partial charge is 0.462 e. The van der Waals surface area contributed by atoms with Gasteiger partial charge in [0.25, 0.3) is 0 Å². The quantitative estimate of drug-likeness (QED) is 0.472. The minimum Gasteiger partial charge on any atom is -0.462 e. The molecule has 0 saturated heterocycles. The summed E-state index contributed by atoms with van der Waals surface area (Å²) in [5.41, 5.74) is 4.29. The Bertz CT molecular complexity index is 1140. The molecule has 4 aromatic heterocycles. The highest BCUT2D eigenvalue weighted by Crippen LogP contribution is 2.37. The first-order valence-electron chi connectivity index (χ1n) is 9.52. The summed E-state index contributed by atoms with van der Waals surface area (Å²) in [5, 5.41) is 8.74. The van der Waals surface area contributed by atoms with Crippen LogP contribution in [0.3, 0.4) is 0 Å². The van der Waals surface area contributed by atoms with Crippen molar-refractivity contribution in [1.82, 2.24) is 19.6 Å². The molecule has 0 aromatic carbocycles. The molecule has 0 unspecified atom stereocenters. The maximum Gasteiger partial charge on any atom is 0.223 e. The first kappa shape index (κ1) is 17.3. The molecular formula is C21H20ClN5O. The van der Waals surface area contributed by atoms with E-state index in [1.165, 1.54) is 12.8 Å². The number of hydrogen-bond donors (Lipinski definition) is 1. The van der Waals surface area contributed by atoms with Crippen molar-refractivity contribution in [1.29, 1.82) is 0 Å². The molecule has 6 nitrogen and oxygen atoms in total. The van der Waals surface area contributed by atoms with Crippen LogP contribution in [0.25, 0.3) is 28.2 Å². The van der Waals surface area contributed by atoms with Gasteiger partial charge in [0.15, 0.2) is 5.76 Å². The van der Waals surface area contributed by atoms with E-state index in [-0.39, 0.29) is 0 Å². The number of anilines is 1. The Kier molecular flexibility index (Phi) is 4.28. The van der Waals surface area contributed by atoms with Gasteiger partial charge in [0.2, 0.25) is 5.95 Å². The zero-order valence-corrected chi connectivity index (χ0v) is 16.3. The normalized spacial score (nSPS) is 14.8. The first-order valence-corrected chi connectivity index (χ1v) is 9.90. The van der Waals surface area contributed by atoms with E-state index in [2.05, 4.69) is 10.3 Å². The molecule has 4 aromatic rings. The molecule has 0 spiro atoms. The van der Waals surface area contributed by atoms with Crippen LogP contribution in [-0.2, 0) is 0 Å². The number of aryl methyl sites for hydroxylation is 1. The molecule has 0 amide bonds. The number of fused-ring (bicyclic) bond motifs is 1. The van der Waals surface area contributed by atoms with Crippen molar-refractivity contribution >= 4 is 23.1 Å². The van der Waals surface area contributed by atoms with Crippen LogP contribution in [0.5, 0.6) is 0 Å². The fraction of sp³-hybridized carbons (Fsp3) is 0.286. The van der Waals surface area contributed by atoms with E-state index < -0.39 is 0 Å². The molecule has 1 fully saturated rings. The predicted molar refractivity (Wildman–Crippen MR) is 110 cm³/mol. The molecule has 1 N–H and O–H groups in total. The van der Waals surface area contributed by atoms with Gasteiger partial charge in [0.1, 0.15) is 10.8 Å². The highest BCUT2D eigenvalue weighted by molar-refractivity contribution is 6.29. The summed E-state index contributed by atoms with van der Waals surface area (Å²) in [5.74, 6) is 1.37. The molecule has 1 aliphatic carbocycles. The molecule has 4 heterocycles. The third-order valence-electron chi connectivity index (χ3n) is 5.29. The zero-order valence-electron chi connectivity index (χ0n) is 15.5. The number of nitrogens with one attached hydrogen (secondary N) is 1. The molecule has 1 saturated carbocycles. The van der Waals surface area contributed by atoms with Crippen LogP contribution in [0, 0.1) is 6.92 Å². The van der Waals surface area contributed by atoms with Crippen molar-refractivity contribution in [2.75, 3.05) is 5.32 Å². The summed E-state index contributed by atoms with van der Waals surface area (Å²) in [4.78, 5) is 9.22. The molecule has 5 rings (SSSR count). The van der Waals surface area contributed by atoms with Crippen LogP contribution in [-0.4, -0.2) is 25.6 Å². The van der Waals surface area contributed by atoms with Crippen LogP contribution in [0.2, 0.25) is 5.15 Å². The lowest BCUT2D eigenvalue weighted by atomic mass is 10.1. The van der Waals surface area contributed by atoms with E-state index >= 15 is 0 Å². The van der Waals surface area contributed by atoms with Gasteiger partial charge in [-0.05, 0) is 49.6 Å². The third-order valence-corrected chi connectivity index (χ3v) is 5.57. The molecule has 0 aliphatic heterocycles. The lowest BCUT2D eigenvalue weighted by Crippen LogP contribution is -2.16. The van der Waals surface area contributed by atoms with Gasteiger partial charge < -0.3 is 9.73 Å². The Balaban J connectivity index is 1.68. The summed E-state index contributed by atoms with van der Waals surface area (Å²) in [6.45, 7) is 2.00. The standard InChI is InChI=1S/C21H20ClN5O/c1-13-10-12-28-20(13)19-18(16-7-4-8-17(22)27(16)26-19)15-9-11-23-21(25-15)24-14-5-2-3-6-14/h4,7-12,14H,2-3,5-6H2,1H3,(H,23,24,25). The Labute approximate surface area is 167 Å².